The van der Waals surface area contributed by atoms with Crippen LogP contribution >= 0.6 is 0 Å². The summed E-state index contributed by atoms with van der Waals surface area (Å²) in [7, 11) is 0. The number of rotatable bonds is 11. The monoisotopic (exact) mass is 446 g/mol. The Balaban J connectivity index is 0. The molecule has 0 aromatic rings. The molecule has 0 heterocycles. The van der Waals surface area contributed by atoms with Crippen molar-refractivity contribution >= 4 is 23.9 Å². The number of carboxylic acid groups (broad SMARTS) is 4. The summed E-state index contributed by atoms with van der Waals surface area (Å²) in [5, 5.41) is 41.6. The van der Waals surface area contributed by atoms with E-state index in [0.29, 0.717) is 0 Å². The molecule has 0 unspecified atom stereocenters. The van der Waals surface area contributed by atoms with Gasteiger partial charge in [-0.2, -0.15) is 0 Å². The molecule has 0 aliphatic carbocycles. The van der Waals surface area contributed by atoms with Crippen LogP contribution in [0.4, 0.5) is 0 Å². The van der Waals surface area contributed by atoms with E-state index < -0.39 is 50.1 Å². The van der Waals surface area contributed by atoms with Crippen molar-refractivity contribution in [3.05, 3.63) is 0 Å². The Morgan fingerprint density at radius 1 is 0.571 bits per heavy atom. The molecule has 0 bridgehead atoms. The van der Waals surface area contributed by atoms with E-state index in [0.717, 1.165) is 9.80 Å². The number of carbonyl (C=O) groups is 4. The quantitative estimate of drug-likeness (QED) is 0.298. The first-order chi connectivity index (χ1) is 9.20. The van der Waals surface area contributed by atoms with Crippen molar-refractivity contribution in [1.82, 2.24) is 9.80 Å². The van der Waals surface area contributed by atoms with E-state index >= 15 is 0 Å². The Kier molecular flexibility index (Phi) is 12.5. The number of carbonyl (C=O) groups excluding carboxylic acids is 4. The summed E-state index contributed by atoms with van der Waals surface area (Å²) < 4.78 is 0. The van der Waals surface area contributed by atoms with Gasteiger partial charge in [-0.15, -0.1) is 0 Å². The van der Waals surface area contributed by atoms with Crippen molar-refractivity contribution in [2.24, 2.45) is 0 Å². The Labute approximate surface area is 152 Å². The molecule has 0 aromatic heterocycles. The first-order valence-electron chi connectivity index (χ1n) is 5.44. The molecule has 0 saturated carbocycles. The van der Waals surface area contributed by atoms with Gasteiger partial charge in [0.15, 0.2) is 0 Å². The fourth-order valence-electron chi connectivity index (χ4n) is 1.44. The minimum atomic E-state index is -1.53. The molecule has 21 heavy (non-hydrogen) atoms. The van der Waals surface area contributed by atoms with Gasteiger partial charge in [-0.25, -0.2) is 0 Å². The van der Waals surface area contributed by atoms with Gasteiger partial charge in [-0.3, -0.25) is 9.80 Å². The first-order valence-corrected chi connectivity index (χ1v) is 5.44. The summed E-state index contributed by atoms with van der Waals surface area (Å²) in [5.41, 5.74) is 0. The molecule has 0 amide bonds. The van der Waals surface area contributed by atoms with Gasteiger partial charge in [0, 0.05) is 39.3 Å². The summed E-state index contributed by atoms with van der Waals surface area (Å²) in [6.07, 6.45) is 0. The maximum Gasteiger partial charge on any atom is 3.00 e. The Morgan fingerprint density at radius 3 is 0.905 bits per heavy atom. The number of nitrogens with zero attached hydrogens (tertiary/aromatic N) is 2. The van der Waals surface area contributed by atoms with Crippen LogP contribution in [0.15, 0.2) is 0 Å². The molecule has 119 valence electrons. The largest absolute Gasteiger partial charge is 3.00 e. The molecule has 0 aliphatic heterocycles. The van der Waals surface area contributed by atoms with Crippen molar-refractivity contribution in [2.75, 3.05) is 39.3 Å². The van der Waals surface area contributed by atoms with E-state index in [1.54, 1.807) is 0 Å². The van der Waals surface area contributed by atoms with Gasteiger partial charge in [-0.1, -0.05) is 0 Å². The van der Waals surface area contributed by atoms with Gasteiger partial charge in [0.1, 0.15) is 0 Å². The van der Waals surface area contributed by atoms with Crippen LogP contribution < -0.4 is 20.4 Å². The van der Waals surface area contributed by atoms with Gasteiger partial charge >= 0.3 is 39.9 Å². The molecule has 0 fully saturated rings. The van der Waals surface area contributed by atoms with Crippen molar-refractivity contribution in [3.8, 4) is 0 Å². The maximum atomic E-state index is 10.4. The van der Waals surface area contributed by atoms with E-state index in [4.69, 9.17) is 0 Å². The van der Waals surface area contributed by atoms with Gasteiger partial charge in [-0.05, 0) is 0 Å². The van der Waals surface area contributed by atoms with Gasteiger partial charge in [0.2, 0.25) is 0 Å². The second kappa shape index (κ2) is 11.7. The second-order valence-electron chi connectivity index (χ2n) is 3.91. The fraction of sp³-hybridized carbons (Fsp3) is 0.600. The van der Waals surface area contributed by atoms with Gasteiger partial charge in [0.05, 0.1) is 23.9 Å². The van der Waals surface area contributed by atoms with Crippen LogP contribution in [0.1, 0.15) is 0 Å². The van der Waals surface area contributed by atoms with Gasteiger partial charge < -0.3 is 39.6 Å². The molecule has 0 rings (SSSR count). The first kappa shape index (κ1) is 22.4. The van der Waals surface area contributed by atoms with Crippen molar-refractivity contribution < 1.29 is 79.5 Å². The van der Waals surface area contributed by atoms with Crippen LogP contribution in [-0.2, 0) is 19.2 Å². The van der Waals surface area contributed by atoms with E-state index in [1.165, 1.54) is 0 Å². The third-order valence-corrected chi connectivity index (χ3v) is 2.14. The van der Waals surface area contributed by atoms with Crippen molar-refractivity contribution in [3.63, 3.8) is 0 Å². The molecule has 0 aromatic carbocycles. The number of hydrogen-bond acceptors (Lipinski definition) is 10. The second-order valence-corrected chi connectivity index (χ2v) is 3.91. The SMILES string of the molecule is O=C([O-])CN(CCN(CC(=O)[O-])CC(=O)[O-])CC(=O)[O-].[Gd+3]. The zero-order valence-electron chi connectivity index (χ0n) is 10.8. The van der Waals surface area contributed by atoms with Crippen LogP contribution in [0.5, 0.6) is 0 Å². The fourth-order valence-corrected chi connectivity index (χ4v) is 1.44. The van der Waals surface area contributed by atoms with Crippen LogP contribution in [0.25, 0.3) is 0 Å². The van der Waals surface area contributed by atoms with E-state index in [2.05, 4.69) is 0 Å². The van der Waals surface area contributed by atoms with E-state index in [-0.39, 0.29) is 53.0 Å². The molecule has 0 N–H and O–H groups in total. The summed E-state index contributed by atoms with van der Waals surface area (Å²) in [4.78, 5) is 43.4. The Morgan fingerprint density at radius 2 is 0.762 bits per heavy atom. The van der Waals surface area contributed by atoms with Crippen molar-refractivity contribution in [2.45, 2.75) is 0 Å². The molecule has 1 radical (unpaired) electrons. The summed E-state index contributed by atoms with van der Waals surface area (Å²) in [5.74, 6) is -6.12. The molecule has 0 saturated heterocycles. The summed E-state index contributed by atoms with van der Waals surface area (Å²) in [6, 6.07) is 0. The Bertz CT molecular complexity index is 321. The predicted molar refractivity (Wildman–Crippen MR) is 52.9 cm³/mol. The zero-order chi connectivity index (χ0) is 15.7. The smallest absolute Gasteiger partial charge is 0.549 e. The standard InChI is InChI=1S/C10H16N2O8.Gd/c13-7(14)3-11(4-8(15)16)1-2-12(5-9(17)18)6-10(19)20;/h1-6H2,(H,13,14)(H,15,16)(H,17,18)(H,19,20);/q;+3/p-4. The molecule has 0 aliphatic rings. The average Bonchev–Trinajstić information content (AvgIpc) is 2.22. The van der Waals surface area contributed by atoms with Crippen LogP contribution in [0, 0.1) is 39.9 Å². The molecule has 10 nitrogen and oxygen atoms in total. The van der Waals surface area contributed by atoms with E-state index in [9.17, 15) is 39.6 Å². The zero-order valence-corrected chi connectivity index (χ0v) is 13.0. The Hall–Kier alpha value is -0.875. The van der Waals surface area contributed by atoms with Crippen LogP contribution in [0.3, 0.4) is 0 Å². The topological polar surface area (TPSA) is 167 Å². The van der Waals surface area contributed by atoms with Crippen LogP contribution in [-0.4, -0.2) is 72.9 Å². The maximum absolute atomic E-state index is 10.4. The minimum absolute atomic E-state index is 0. The summed E-state index contributed by atoms with van der Waals surface area (Å²) >= 11 is 0. The molecular formula is C10H12GdN2O8-. The molecular weight excluding hydrogens is 433 g/mol. The molecule has 0 atom stereocenters. The minimum Gasteiger partial charge on any atom is -0.549 e. The van der Waals surface area contributed by atoms with Crippen LogP contribution in [0.2, 0.25) is 0 Å². The normalized spacial score (nSPS) is 10.2. The van der Waals surface area contributed by atoms with Crippen molar-refractivity contribution in [1.29, 1.82) is 0 Å². The number of aliphatic carboxylic acids is 4. The molecule has 11 heteroatoms. The average molecular weight is 445 g/mol. The number of carboxylic acids is 4. The summed E-state index contributed by atoms with van der Waals surface area (Å²) in [6.45, 7) is -3.25. The third-order valence-electron chi connectivity index (χ3n) is 2.14. The predicted octanol–water partition coefficient (Wildman–Crippen LogP) is -7.41. The molecule has 0 spiro atoms. The third kappa shape index (κ3) is 13.8. The van der Waals surface area contributed by atoms with Gasteiger partial charge in [0.25, 0.3) is 0 Å². The van der Waals surface area contributed by atoms with E-state index in [1.807, 2.05) is 0 Å². The number of hydrogen-bond donors (Lipinski definition) is 0.